The van der Waals surface area contributed by atoms with E-state index in [1.807, 2.05) is 6.07 Å². The van der Waals surface area contributed by atoms with Gasteiger partial charge in [0.1, 0.15) is 12.1 Å². The fraction of sp³-hybridized carbons (Fsp3) is 0.267. The topological polar surface area (TPSA) is 128 Å². The molecule has 0 spiro atoms. The normalized spacial score (nSPS) is 16.5. The van der Waals surface area contributed by atoms with Crippen molar-refractivity contribution in [3.8, 4) is 6.07 Å². The molecule has 0 aromatic heterocycles. The Bertz CT molecular complexity index is 1590. The Hall–Kier alpha value is -5.06. The molecule has 2 unspecified atom stereocenters. The SMILES string of the molecule is N#Cc1cccc2c1NC(=O)[C@@H](NC(=O)C(CCC(F)(F)F)C(C(N)=O)c1ccccc1)CN2c1cccc(C(F)(F)F)c1. The number of hydrogen-bond donors (Lipinski definition) is 3. The number of para-hydroxylation sites is 1. The van der Waals surface area contributed by atoms with Gasteiger partial charge < -0.3 is 21.3 Å². The summed E-state index contributed by atoms with van der Waals surface area (Å²) in [5.74, 6) is -6.21. The van der Waals surface area contributed by atoms with E-state index in [2.05, 4.69) is 10.6 Å². The lowest BCUT2D eigenvalue weighted by atomic mass is 9.81. The van der Waals surface area contributed by atoms with Crippen LogP contribution in [0.15, 0.2) is 72.8 Å². The molecule has 0 bridgehead atoms. The number of nitriles is 1. The van der Waals surface area contributed by atoms with Crippen molar-refractivity contribution in [1.29, 1.82) is 5.26 Å². The number of carbonyl (C=O) groups excluding carboxylic acids is 3. The zero-order valence-electron chi connectivity index (χ0n) is 22.7. The van der Waals surface area contributed by atoms with E-state index in [-0.39, 0.29) is 28.2 Å². The first kappa shape index (κ1) is 31.9. The van der Waals surface area contributed by atoms with Gasteiger partial charge in [-0.2, -0.15) is 31.6 Å². The standard InChI is InChI=1S/C30H25F6N5O3/c31-29(32,33)13-12-21(24(26(38)42)17-6-2-1-3-7-17)27(43)39-22-16-41(20-10-5-9-19(14-20)30(34,35)36)23-11-4-8-18(15-37)25(23)40-28(22)44/h1-11,14,21-22,24H,12-13,16H2,(H2,38,42)(H,39,43)(H,40,44)/t21?,22-,24?/m0/s1. The van der Waals surface area contributed by atoms with Crippen LogP contribution >= 0.6 is 0 Å². The van der Waals surface area contributed by atoms with Gasteiger partial charge in [-0.15, -0.1) is 0 Å². The first-order valence-electron chi connectivity index (χ1n) is 13.2. The third-order valence-electron chi connectivity index (χ3n) is 7.13. The number of halogens is 6. The monoisotopic (exact) mass is 617 g/mol. The minimum atomic E-state index is -4.71. The molecule has 3 amide bonds. The zero-order chi connectivity index (χ0) is 32.2. The summed E-state index contributed by atoms with van der Waals surface area (Å²) >= 11 is 0. The van der Waals surface area contributed by atoms with Gasteiger partial charge in [-0.05, 0) is 42.3 Å². The molecule has 1 aliphatic rings. The molecule has 4 N–H and O–H groups in total. The number of fused-ring (bicyclic) bond motifs is 1. The molecule has 0 aliphatic carbocycles. The molecule has 0 fully saturated rings. The number of primary amides is 1. The van der Waals surface area contributed by atoms with Crippen LogP contribution in [-0.4, -0.2) is 36.5 Å². The molecular formula is C30H25F6N5O3. The fourth-order valence-electron chi connectivity index (χ4n) is 5.07. The Morgan fingerprint density at radius 2 is 1.70 bits per heavy atom. The van der Waals surface area contributed by atoms with Gasteiger partial charge in [0.25, 0.3) is 0 Å². The average molecular weight is 618 g/mol. The van der Waals surface area contributed by atoms with E-state index in [0.717, 1.165) is 18.2 Å². The number of anilines is 3. The maximum atomic E-state index is 13.6. The minimum absolute atomic E-state index is 0.0271. The number of nitrogens with zero attached hydrogens (tertiary/aromatic N) is 2. The molecule has 1 heterocycles. The predicted molar refractivity (Wildman–Crippen MR) is 147 cm³/mol. The Balaban J connectivity index is 1.75. The van der Waals surface area contributed by atoms with E-state index in [0.29, 0.717) is 0 Å². The highest BCUT2D eigenvalue weighted by Crippen LogP contribution is 2.39. The lowest BCUT2D eigenvalue weighted by Gasteiger charge is -2.30. The van der Waals surface area contributed by atoms with Crippen molar-refractivity contribution < 1.29 is 40.7 Å². The summed E-state index contributed by atoms with van der Waals surface area (Å²) in [5, 5.41) is 14.5. The van der Waals surface area contributed by atoms with E-state index >= 15 is 0 Å². The second-order valence-corrected chi connectivity index (χ2v) is 10.1. The van der Waals surface area contributed by atoms with Crippen LogP contribution in [0.5, 0.6) is 0 Å². The third-order valence-corrected chi connectivity index (χ3v) is 7.13. The third kappa shape index (κ3) is 7.28. The van der Waals surface area contributed by atoms with Crippen LogP contribution in [0.25, 0.3) is 0 Å². The molecule has 3 aromatic rings. The summed E-state index contributed by atoms with van der Waals surface area (Å²) in [6, 6.07) is 16.2. The second-order valence-electron chi connectivity index (χ2n) is 10.1. The van der Waals surface area contributed by atoms with Gasteiger partial charge >= 0.3 is 12.4 Å². The number of carbonyl (C=O) groups is 3. The van der Waals surface area contributed by atoms with Crippen LogP contribution in [0.4, 0.5) is 43.4 Å². The molecule has 0 saturated carbocycles. The summed E-state index contributed by atoms with van der Waals surface area (Å²) in [7, 11) is 0. The van der Waals surface area contributed by atoms with E-state index in [1.54, 1.807) is 6.07 Å². The minimum Gasteiger partial charge on any atom is -0.369 e. The summed E-state index contributed by atoms with van der Waals surface area (Å²) in [5.41, 5.74) is 4.77. The summed E-state index contributed by atoms with van der Waals surface area (Å²) < 4.78 is 80.5. The molecule has 0 saturated heterocycles. The lowest BCUT2D eigenvalue weighted by Crippen LogP contribution is -2.51. The number of benzene rings is 3. The summed E-state index contributed by atoms with van der Waals surface area (Å²) in [6.07, 6.45) is -11.7. The number of amides is 3. The Kier molecular flexibility index (Phi) is 9.17. The van der Waals surface area contributed by atoms with Crippen molar-refractivity contribution in [2.75, 3.05) is 16.8 Å². The molecule has 4 rings (SSSR count). The van der Waals surface area contributed by atoms with Crippen LogP contribution in [-0.2, 0) is 20.6 Å². The molecule has 14 heteroatoms. The largest absolute Gasteiger partial charge is 0.416 e. The fourth-order valence-corrected chi connectivity index (χ4v) is 5.07. The molecule has 44 heavy (non-hydrogen) atoms. The highest BCUT2D eigenvalue weighted by Gasteiger charge is 2.40. The van der Waals surface area contributed by atoms with Gasteiger partial charge in [0.15, 0.2) is 0 Å². The number of nitrogens with one attached hydrogen (secondary N) is 2. The van der Waals surface area contributed by atoms with Gasteiger partial charge in [-0.1, -0.05) is 42.5 Å². The smallest absolute Gasteiger partial charge is 0.369 e. The summed E-state index contributed by atoms with van der Waals surface area (Å²) in [4.78, 5) is 40.8. The van der Waals surface area contributed by atoms with Gasteiger partial charge in [0, 0.05) is 12.1 Å². The molecule has 230 valence electrons. The highest BCUT2D eigenvalue weighted by atomic mass is 19.4. The van der Waals surface area contributed by atoms with E-state index < -0.39 is 72.9 Å². The maximum absolute atomic E-state index is 13.6. The van der Waals surface area contributed by atoms with Crippen molar-refractivity contribution in [2.24, 2.45) is 11.7 Å². The van der Waals surface area contributed by atoms with E-state index in [4.69, 9.17) is 5.73 Å². The van der Waals surface area contributed by atoms with Gasteiger partial charge in [-0.25, -0.2) is 0 Å². The predicted octanol–water partition coefficient (Wildman–Crippen LogP) is 5.38. The van der Waals surface area contributed by atoms with E-state index in [1.165, 1.54) is 53.4 Å². The average Bonchev–Trinajstić information content (AvgIpc) is 3.10. The number of rotatable bonds is 8. The van der Waals surface area contributed by atoms with Gasteiger partial charge in [0.05, 0.1) is 40.9 Å². The van der Waals surface area contributed by atoms with Crippen molar-refractivity contribution in [1.82, 2.24) is 5.32 Å². The number of hydrogen-bond acceptors (Lipinski definition) is 5. The van der Waals surface area contributed by atoms with Crippen LogP contribution in [0, 0.1) is 17.2 Å². The van der Waals surface area contributed by atoms with Gasteiger partial charge in [-0.3, -0.25) is 14.4 Å². The molecule has 3 atom stereocenters. The highest BCUT2D eigenvalue weighted by molar-refractivity contribution is 6.04. The quantitative estimate of drug-likeness (QED) is 0.293. The molecule has 0 radical (unpaired) electrons. The van der Waals surface area contributed by atoms with Crippen molar-refractivity contribution >= 4 is 34.8 Å². The molecular weight excluding hydrogens is 592 g/mol. The van der Waals surface area contributed by atoms with Crippen molar-refractivity contribution in [3.05, 3.63) is 89.5 Å². The number of alkyl halides is 6. The van der Waals surface area contributed by atoms with Gasteiger partial charge in [0.2, 0.25) is 17.7 Å². The van der Waals surface area contributed by atoms with Crippen LogP contribution in [0.3, 0.4) is 0 Å². The summed E-state index contributed by atoms with van der Waals surface area (Å²) in [6.45, 7) is -0.473. The first-order chi connectivity index (χ1) is 20.7. The van der Waals surface area contributed by atoms with E-state index in [9.17, 15) is 46.0 Å². The second kappa shape index (κ2) is 12.7. The van der Waals surface area contributed by atoms with Crippen LogP contribution in [0.2, 0.25) is 0 Å². The Morgan fingerprint density at radius 1 is 1.02 bits per heavy atom. The number of nitrogens with two attached hydrogens (primary N) is 1. The first-order valence-corrected chi connectivity index (χ1v) is 13.2. The van der Waals surface area contributed by atoms with Crippen LogP contribution < -0.4 is 21.3 Å². The molecule has 8 nitrogen and oxygen atoms in total. The van der Waals surface area contributed by atoms with Crippen molar-refractivity contribution in [2.45, 2.75) is 37.2 Å². The molecule has 1 aliphatic heterocycles. The van der Waals surface area contributed by atoms with Crippen molar-refractivity contribution in [3.63, 3.8) is 0 Å². The Morgan fingerprint density at radius 3 is 2.32 bits per heavy atom. The lowest BCUT2D eigenvalue weighted by molar-refractivity contribution is -0.144. The Labute approximate surface area is 247 Å². The van der Waals surface area contributed by atoms with Crippen LogP contribution in [0.1, 0.15) is 35.4 Å². The molecule has 3 aromatic carbocycles. The maximum Gasteiger partial charge on any atom is 0.416 e. The zero-order valence-corrected chi connectivity index (χ0v) is 22.7.